The normalized spacial score (nSPS) is 16.3. The lowest BCUT2D eigenvalue weighted by Gasteiger charge is -2.35. The number of hydrogen-bond acceptors (Lipinski definition) is 9. The van der Waals surface area contributed by atoms with Gasteiger partial charge in [-0.2, -0.15) is 9.40 Å². The Morgan fingerprint density at radius 1 is 1.18 bits per heavy atom. The van der Waals surface area contributed by atoms with E-state index in [9.17, 15) is 28.5 Å². The summed E-state index contributed by atoms with van der Waals surface area (Å²) in [6, 6.07) is 4.51. The summed E-state index contributed by atoms with van der Waals surface area (Å²) in [5.41, 5.74) is 1.48. The molecule has 12 nitrogen and oxygen atoms in total. The Hall–Kier alpha value is -2.84. The molecule has 3 heterocycles. The molecule has 1 aromatic carbocycles. The van der Waals surface area contributed by atoms with Crippen molar-refractivity contribution in [1.29, 1.82) is 0 Å². The lowest BCUT2D eigenvalue weighted by Crippen LogP contribution is -2.44. The summed E-state index contributed by atoms with van der Waals surface area (Å²) in [6.45, 7) is 3.85. The van der Waals surface area contributed by atoms with Gasteiger partial charge in [-0.1, -0.05) is 13.3 Å². The van der Waals surface area contributed by atoms with Crippen LogP contribution in [0.2, 0.25) is 0 Å². The minimum absolute atomic E-state index is 0.0336. The van der Waals surface area contributed by atoms with Gasteiger partial charge in [-0.25, -0.2) is 13.4 Å². The van der Waals surface area contributed by atoms with E-state index in [1.54, 1.807) is 13.1 Å². The van der Waals surface area contributed by atoms with E-state index >= 15 is 0 Å². The van der Waals surface area contributed by atoms with Crippen LogP contribution in [-0.2, 0) is 23.5 Å². The van der Waals surface area contributed by atoms with Gasteiger partial charge in [-0.05, 0) is 50.3 Å². The van der Waals surface area contributed by atoms with Crippen molar-refractivity contribution in [2.45, 2.75) is 50.5 Å². The van der Waals surface area contributed by atoms with Gasteiger partial charge in [0.25, 0.3) is 5.56 Å². The number of benzene rings is 1. The van der Waals surface area contributed by atoms with E-state index < -0.39 is 22.0 Å². The van der Waals surface area contributed by atoms with Gasteiger partial charge in [0.2, 0.25) is 10.0 Å². The third-order valence-electron chi connectivity index (χ3n) is 7.33. The van der Waals surface area contributed by atoms with Gasteiger partial charge in [-0.15, -0.1) is 0 Å². The number of aromatic amines is 1. The van der Waals surface area contributed by atoms with Crippen LogP contribution < -0.4 is 10.3 Å². The van der Waals surface area contributed by atoms with Gasteiger partial charge in [-0.3, -0.25) is 9.48 Å². The summed E-state index contributed by atoms with van der Waals surface area (Å²) in [5.74, 6) is -0.300. The molecule has 3 aromatic rings. The van der Waals surface area contributed by atoms with E-state index in [2.05, 4.69) is 10.1 Å². The lowest BCUT2D eigenvalue weighted by atomic mass is 9.85. The summed E-state index contributed by atoms with van der Waals surface area (Å²) in [6.07, 6.45) is 1.34. The predicted molar refractivity (Wildman–Crippen MR) is 145 cm³/mol. The van der Waals surface area contributed by atoms with Gasteiger partial charge in [0.15, 0.2) is 5.52 Å². The smallest absolute Gasteiger partial charge is 0.277 e. The van der Waals surface area contributed by atoms with E-state index in [1.807, 2.05) is 13.8 Å². The number of aromatic nitrogens is 4. The molecule has 214 valence electrons. The van der Waals surface area contributed by atoms with E-state index in [-0.39, 0.29) is 48.5 Å². The van der Waals surface area contributed by atoms with Crippen LogP contribution in [0.15, 0.2) is 27.9 Å². The van der Waals surface area contributed by atoms with Gasteiger partial charge in [0.05, 0.1) is 42.1 Å². The third-order valence-corrected chi connectivity index (χ3v) is 9.22. The Kier molecular flexibility index (Phi) is 9.07. The van der Waals surface area contributed by atoms with Crippen LogP contribution in [0.4, 0.5) is 0 Å². The first kappa shape index (κ1) is 29.2. The van der Waals surface area contributed by atoms with Crippen molar-refractivity contribution in [3.05, 3.63) is 34.2 Å². The number of rotatable bonds is 11. The highest BCUT2D eigenvalue weighted by Gasteiger charge is 2.35. The third kappa shape index (κ3) is 5.73. The average molecular weight is 564 g/mol. The molecule has 2 aromatic heterocycles. The second-order valence-electron chi connectivity index (χ2n) is 9.88. The van der Waals surface area contributed by atoms with Crippen molar-refractivity contribution in [3.63, 3.8) is 0 Å². The highest BCUT2D eigenvalue weighted by Crippen LogP contribution is 2.34. The number of fused-ring (bicyclic) bond motifs is 1. The van der Waals surface area contributed by atoms with Crippen LogP contribution in [0.5, 0.6) is 5.75 Å². The SMILES string of the molecule is CCCc1nn(C)c2c(=O)[nH]c(-c3cc(S(=O)(=O)N4CCC(C(O)C(CO)CO)CC4)ccc3OCC)nc12. The standard InChI is InChI=1S/C26H37N5O7S/c1-4-6-20-22-23(30(3)29-20)26(35)28-25(27-22)19-13-18(7-8-21(19)38-5-2)39(36,37)31-11-9-16(10-12-31)24(34)17(14-32)15-33/h7-8,13,16-17,24,32-34H,4-6,9-12,14-15H2,1-3H3,(H,27,28,35). The number of H-pyrrole nitrogens is 1. The summed E-state index contributed by atoms with van der Waals surface area (Å²) in [4.78, 5) is 20.5. The minimum atomic E-state index is -3.91. The first-order valence-corrected chi connectivity index (χ1v) is 14.7. The van der Waals surface area contributed by atoms with Crippen molar-refractivity contribution >= 4 is 21.1 Å². The monoisotopic (exact) mass is 563 g/mol. The predicted octanol–water partition coefficient (Wildman–Crippen LogP) is 1.04. The summed E-state index contributed by atoms with van der Waals surface area (Å²) >= 11 is 0. The molecule has 0 radical (unpaired) electrons. The molecule has 1 atom stereocenters. The van der Waals surface area contributed by atoms with Crippen molar-refractivity contribution in [2.75, 3.05) is 32.9 Å². The van der Waals surface area contributed by atoms with Crippen LogP contribution in [-0.4, -0.2) is 86.8 Å². The Morgan fingerprint density at radius 2 is 1.87 bits per heavy atom. The molecule has 1 aliphatic rings. The maximum atomic E-state index is 13.6. The van der Waals surface area contributed by atoms with E-state index in [0.717, 1.165) is 6.42 Å². The zero-order valence-electron chi connectivity index (χ0n) is 22.5. The van der Waals surface area contributed by atoms with Crippen LogP contribution in [0.25, 0.3) is 22.4 Å². The van der Waals surface area contributed by atoms with E-state index in [4.69, 9.17) is 9.72 Å². The number of aryl methyl sites for hydroxylation is 2. The number of piperidine rings is 1. The number of nitrogens with zero attached hydrogens (tertiary/aromatic N) is 4. The highest BCUT2D eigenvalue weighted by atomic mass is 32.2. The zero-order valence-corrected chi connectivity index (χ0v) is 23.3. The molecule has 0 amide bonds. The molecule has 0 aliphatic carbocycles. The lowest BCUT2D eigenvalue weighted by molar-refractivity contribution is -0.0167. The van der Waals surface area contributed by atoms with Gasteiger partial charge in [0.1, 0.15) is 17.1 Å². The molecule has 0 spiro atoms. The summed E-state index contributed by atoms with van der Waals surface area (Å²) in [5, 5.41) is 33.7. The quantitative estimate of drug-likeness (QED) is 0.266. The number of aliphatic hydroxyl groups excluding tert-OH is 3. The van der Waals surface area contributed by atoms with E-state index in [0.29, 0.717) is 53.9 Å². The molecule has 4 N–H and O–H groups in total. The van der Waals surface area contributed by atoms with Crippen LogP contribution in [0.1, 0.15) is 38.8 Å². The van der Waals surface area contributed by atoms with Crippen LogP contribution in [0.3, 0.4) is 0 Å². The maximum Gasteiger partial charge on any atom is 0.277 e. The molecule has 0 bridgehead atoms. The Balaban J connectivity index is 1.69. The van der Waals surface area contributed by atoms with Crippen LogP contribution >= 0.6 is 0 Å². The van der Waals surface area contributed by atoms with Crippen LogP contribution in [0, 0.1) is 11.8 Å². The number of sulfonamides is 1. The van der Waals surface area contributed by atoms with E-state index in [1.165, 1.54) is 21.1 Å². The topological polar surface area (TPSA) is 171 Å². The fourth-order valence-corrected chi connectivity index (χ4v) is 6.68. The second kappa shape index (κ2) is 12.1. The molecule has 4 rings (SSSR count). The highest BCUT2D eigenvalue weighted by molar-refractivity contribution is 7.89. The molecule has 1 aliphatic heterocycles. The Bertz CT molecular complexity index is 1460. The van der Waals surface area contributed by atoms with Gasteiger partial charge in [0, 0.05) is 26.1 Å². The summed E-state index contributed by atoms with van der Waals surface area (Å²) < 4.78 is 35.9. The number of ether oxygens (including phenoxy) is 1. The van der Waals surface area contributed by atoms with Crippen molar-refractivity contribution < 1.29 is 28.5 Å². The van der Waals surface area contributed by atoms with Crippen molar-refractivity contribution in [2.24, 2.45) is 18.9 Å². The molecule has 1 unspecified atom stereocenters. The van der Waals surface area contributed by atoms with Gasteiger partial charge >= 0.3 is 0 Å². The molecule has 0 saturated carbocycles. The Morgan fingerprint density at radius 3 is 2.49 bits per heavy atom. The molecular formula is C26H37N5O7S. The molecule has 13 heteroatoms. The van der Waals surface area contributed by atoms with Gasteiger partial charge < -0.3 is 25.0 Å². The zero-order chi connectivity index (χ0) is 28.3. The maximum absolute atomic E-state index is 13.6. The number of aliphatic hydroxyl groups is 3. The molecule has 1 fully saturated rings. The van der Waals surface area contributed by atoms with Crippen molar-refractivity contribution in [3.8, 4) is 17.1 Å². The number of hydrogen-bond donors (Lipinski definition) is 4. The first-order chi connectivity index (χ1) is 18.7. The molecule has 39 heavy (non-hydrogen) atoms. The molecular weight excluding hydrogens is 526 g/mol. The number of nitrogens with one attached hydrogen (secondary N) is 1. The minimum Gasteiger partial charge on any atom is -0.493 e. The molecule has 1 saturated heterocycles. The largest absolute Gasteiger partial charge is 0.493 e. The first-order valence-electron chi connectivity index (χ1n) is 13.3. The second-order valence-corrected chi connectivity index (χ2v) is 11.8. The summed E-state index contributed by atoms with van der Waals surface area (Å²) in [7, 11) is -2.22. The fourth-order valence-electron chi connectivity index (χ4n) is 5.18. The fraction of sp³-hybridized carbons (Fsp3) is 0.577. The van der Waals surface area contributed by atoms with Crippen molar-refractivity contribution in [1.82, 2.24) is 24.1 Å². The Labute approximate surface area is 227 Å². The average Bonchev–Trinajstić information content (AvgIpc) is 3.25.